The lowest BCUT2D eigenvalue weighted by Gasteiger charge is -1.93. The minimum Gasteiger partial charge on any atom is -0.365 e. The molecule has 0 saturated carbocycles. The van der Waals surface area contributed by atoms with Crippen LogP contribution in [0.25, 0.3) is 0 Å². The molecule has 2 aromatic rings. The third-order valence-electron chi connectivity index (χ3n) is 2.14. The zero-order valence-electron chi connectivity index (χ0n) is 9.71. The van der Waals surface area contributed by atoms with E-state index in [0.717, 1.165) is 21.9 Å². The van der Waals surface area contributed by atoms with Crippen molar-refractivity contribution in [2.75, 3.05) is 12.4 Å². The predicted octanol–water partition coefficient (Wildman–Crippen LogP) is 3.08. The molecule has 6 heteroatoms. The van der Waals surface area contributed by atoms with Crippen LogP contribution in [0.4, 0.5) is 9.52 Å². The van der Waals surface area contributed by atoms with Crippen molar-refractivity contribution in [3.05, 3.63) is 39.4 Å². The zero-order chi connectivity index (χ0) is 13.1. The SMILES string of the molecule is CNc1nc(C)c(C#Cc2cc(Cl)ncc2F)s1. The van der Waals surface area contributed by atoms with Crippen LogP contribution in [0.1, 0.15) is 16.1 Å². The highest BCUT2D eigenvalue weighted by molar-refractivity contribution is 7.16. The van der Waals surface area contributed by atoms with Gasteiger partial charge in [0.25, 0.3) is 0 Å². The maximum Gasteiger partial charge on any atom is 0.183 e. The molecule has 0 amide bonds. The Morgan fingerprint density at radius 2 is 2.22 bits per heavy atom. The van der Waals surface area contributed by atoms with E-state index < -0.39 is 5.82 Å². The number of aromatic nitrogens is 2. The van der Waals surface area contributed by atoms with Crippen LogP contribution in [0.5, 0.6) is 0 Å². The fourth-order valence-corrected chi connectivity index (χ4v) is 2.18. The minimum absolute atomic E-state index is 0.220. The van der Waals surface area contributed by atoms with Gasteiger partial charge in [0.05, 0.1) is 17.5 Å². The average molecular weight is 282 g/mol. The molecule has 3 nitrogen and oxygen atoms in total. The maximum absolute atomic E-state index is 13.4. The van der Waals surface area contributed by atoms with E-state index in [0.29, 0.717) is 0 Å². The number of hydrogen-bond acceptors (Lipinski definition) is 4. The van der Waals surface area contributed by atoms with Gasteiger partial charge in [0, 0.05) is 7.05 Å². The fraction of sp³-hybridized carbons (Fsp3) is 0.167. The monoisotopic (exact) mass is 281 g/mol. The Kier molecular flexibility index (Phi) is 3.80. The fourth-order valence-electron chi connectivity index (χ4n) is 1.25. The molecule has 2 rings (SSSR count). The van der Waals surface area contributed by atoms with Crippen molar-refractivity contribution in [1.82, 2.24) is 9.97 Å². The van der Waals surface area contributed by atoms with Gasteiger partial charge in [0.1, 0.15) is 10.0 Å². The maximum atomic E-state index is 13.4. The van der Waals surface area contributed by atoms with Gasteiger partial charge < -0.3 is 5.32 Å². The topological polar surface area (TPSA) is 37.8 Å². The first-order valence-electron chi connectivity index (χ1n) is 5.08. The van der Waals surface area contributed by atoms with E-state index >= 15 is 0 Å². The van der Waals surface area contributed by atoms with Crippen LogP contribution in [0.3, 0.4) is 0 Å². The number of nitrogens with zero attached hydrogens (tertiary/aromatic N) is 2. The Balaban J connectivity index is 2.36. The summed E-state index contributed by atoms with van der Waals surface area (Å²) in [6, 6.07) is 1.40. The van der Waals surface area contributed by atoms with Gasteiger partial charge in [-0.1, -0.05) is 28.9 Å². The van der Waals surface area contributed by atoms with E-state index in [1.165, 1.54) is 17.4 Å². The summed E-state index contributed by atoms with van der Waals surface area (Å²) < 4.78 is 13.4. The summed E-state index contributed by atoms with van der Waals surface area (Å²) in [7, 11) is 1.79. The second-order valence-corrected chi connectivity index (χ2v) is 4.81. The smallest absolute Gasteiger partial charge is 0.183 e. The molecule has 0 bridgehead atoms. The number of hydrogen-bond donors (Lipinski definition) is 1. The Labute approximate surface area is 113 Å². The molecule has 0 fully saturated rings. The van der Waals surface area contributed by atoms with Crippen molar-refractivity contribution in [3.63, 3.8) is 0 Å². The molecule has 2 aromatic heterocycles. The molecule has 0 atom stereocenters. The van der Waals surface area contributed by atoms with Crippen LogP contribution < -0.4 is 5.32 Å². The second kappa shape index (κ2) is 5.34. The number of rotatable bonds is 1. The van der Waals surface area contributed by atoms with Crippen molar-refractivity contribution in [2.45, 2.75) is 6.92 Å². The Morgan fingerprint density at radius 1 is 1.44 bits per heavy atom. The minimum atomic E-state index is -0.483. The van der Waals surface area contributed by atoms with Gasteiger partial charge in [0.15, 0.2) is 10.9 Å². The van der Waals surface area contributed by atoms with Crippen LogP contribution in [0, 0.1) is 24.6 Å². The first-order valence-corrected chi connectivity index (χ1v) is 6.28. The quantitative estimate of drug-likeness (QED) is 0.645. The molecule has 0 aliphatic carbocycles. The first kappa shape index (κ1) is 12.8. The van der Waals surface area contributed by atoms with Crippen LogP contribution in [-0.2, 0) is 0 Å². The lowest BCUT2D eigenvalue weighted by atomic mass is 10.2. The molecule has 0 spiro atoms. The van der Waals surface area contributed by atoms with Gasteiger partial charge in [-0.3, -0.25) is 0 Å². The van der Waals surface area contributed by atoms with Crippen LogP contribution >= 0.6 is 22.9 Å². The largest absolute Gasteiger partial charge is 0.365 e. The molecule has 18 heavy (non-hydrogen) atoms. The van der Waals surface area contributed by atoms with Gasteiger partial charge >= 0.3 is 0 Å². The number of anilines is 1. The van der Waals surface area contributed by atoms with Crippen molar-refractivity contribution >= 4 is 28.1 Å². The highest BCUT2D eigenvalue weighted by Crippen LogP contribution is 2.21. The molecule has 0 aromatic carbocycles. The average Bonchev–Trinajstić information content (AvgIpc) is 2.71. The summed E-state index contributed by atoms with van der Waals surface area (Å²) in [6.45, 7) is 1.86. The van der Waals surface area contributed by atoms with Gasteiger partial charge in [0.2, 0.25) is 0 Å². The van der Waals surface area contributed by atoms with Crippen LogP contribution in [0.15, 0.2) is 12.3 Å². The van der Waals surface area contributed by atoms with Crippen molar-refractivity contribution < 1.29 is 4.39 Å². The summed E-state index contributed by atoms with van der Waals surface area (Å²) in [5.74, 6) is 5.15. The third-order valence-corrected chi connectivity index (χ3v) is 3.44. The van der Waals surface area contributed by atoms with Crippen molar-refractivity contribution in [2.24, 2.45) is 0 Å². The third kappa shape index (κ3) is 2.78. The molecule has 2 heterocycles. The van der Waals surface area contributed by atoms with Gasteiger partial charge in [-0.25, -0.2) is 14.4 Å². The zero-order valence-corrected chi connectivity index (χ0v) is 11.3. The van der Waals surface area contributed by atoms with E-state index in [2.05, 4.69) is 27.1 Å². The van der Waals surface area contributed by atoms with Crippen LogP contribution in [-0.4, -0.2) is 17.0 Å². The molecular formula is C12H9ClFN3S. The molecule has 0 saturated heterocycles. The van der Waals surface area contributed by atoms with E-state index in [-0.39, 0.29) is 10.7 Å². The van der Waals surface area contributed by atoms with Crippen LogP contribution in [0.2, 0.25) is 5.15 Å². The standard InChI is InChI=1S/C12H9ClFN3S/c1-7-10(18-12(15-2)17-7)4-3-8-5-11(13)16-6-9(8)14/h5-6H,1-2H3,(H,15,17). The van der Waals surface area contributed by atoms with Crippen molar-refractivity contribution in [3.8, 4) is 11.8 Å². The summed E-state index contributed by atoms with van der Waals surface area (Å²) in [5, 5.41) is 3.94. The normalized spacial score (nSPS) is 9.78. The Hall–Kier alpha value is -1.64. The molecule has 0 aliphatic heterocycles. The summed E-state index contributed by atoms with van der Waals surface area (Å²) in [4.78, 5) is 8.68. The number of halogens is 2. The second-order valence-electron chi connectivity index (χ2n) is 3.42. The van der Waals surface area contributed by atoms with Gasteiger partial charge in [-0.05, 0) is 18.9 Å². The highest BCUT2D eigenvalue weighted by Gasteiger charge is 2.04. The van der Waals surface area contributed by atoms with Gasteiger partial charge in [-0.15, -0.1) is 0 Å². The molecular weight excluding hydrogens is 273 g/mol. The molecule has 0 radical (unpaired) electrons. The molecule has 0 aliphatic rings. The van der Waals surface area contributed by atoms with E-state index in [1.807, 2.05) is 6.92 Å². The number of thiazole rings is 1. The van der Waals surface area contributed by atoms with Crippen molar-refractivity contribution in [1.29, 1.82) is 0 Å². The number of pyridine rings is 1. The molecule has 1 N–H and O–H groups in total. The lowest BCUT2D eigenvalue weighted by Crippen LogP contribution is -1.86. The Morgan fingerprint density at radius 3 is 2.89 bits per heavy atom. The Bertz CT molecular complexity index is 643. The highest BCUT2D eigenvalue weighted by atomic mass is 35.5. The van der Waals surface area contributed by atoms with E-state index in [1.54, 1.807) is 7.05 Å². The number of aryl methyl sites for hydroxylation is 1. The molecule has 92 valence electrons. The predicted molar refractivity (Wildman–Crippen MR) is 71.6 cm³/mol. The molecule has 0 unspecified atom stereocenters. The lowest BCUT2D eigenvalue weighted by molar-refractivity contribution is 0.618. The van der Waals surface area contributed by atoms with E-state index in [9.17, 15) is 4.39 Å². The van der Waals surface area contributed by atoms with Gasteiger partial charge in [-0.2, -0.15) is 0 Å². The summed E-state index contributed by atoms with van der Waals surface area (Å²) in [6.07, 6.45) is 1.06. The first-order chi connectivity index (χ1) is 8.60. The summed E-state index contributed by atoms with van der Waals surface area (Å²) in [5.41, 5.74) is 1.05. The summed E-state index contributed by atoms with van der Waals surface area (Å²) >= 11 is 7.11. The van der Waals surface area contributed by atoms with E-state index in [4.69, 9.17) is 11.6 Å². The number of nitrogens with one attached hydrogen (secondary N) is 1.